The number of halogens is 1. The van der Waals surface area contributed by atoms with Crippen LogP contribution in [-0.4, -0.2) is 22.2 Å². The van der Waals surface area contributed by atoms with Crippen LogP contribution in [0.1, 0.15) is 25.8 Å². The first-order chi connectivity index (χ1) is 8.80. The molecule has 104 valence electrons. The van der Waals surface area contributed by atoms with Gasteiger partial charge in [-0.15, -0.1) is 0 Å². The average Bonchev–Trinajstić information content (AvgIpc) is 2.33. The van der Waals surface area contributed by atoms with Gasteiger partial charge in [0.1, 0.15) is 5.82 Å². The van der Waals surface area contributed by atoms with Crippen LogP contribution in [0.4, 0.5) is 10.1 Å². The Hall–Kier alpha value is -1.53. The molecular formula is C13H17FN2O3. The molecule has 0 radical (unpaired) electrons. The standard InChI is InChI=1S/C13H17FN2O3/c1-13(2)11(6-12(13)17)15-7-8-3-9(14)5-10(4-8)16(18)19/h3-5,11-12,15,17H,6-7H2,1-2H3. The van der Waals surface area contributed by atoms with Crippen molar-refractivity contribution in [1.29, 1.82) is 0 Å². The number of benzene rings is 1. The molecular weight excluding hydrogens is 251 g/mol. The molecule has 2 rings (SSSR count). The summed E-state index contributed by atoms with van der Waals surface area (Å²) in [5, 5.41) is 23.5. The SMILES string of the molecule is CC1(C)C(O)CC1NCc1cc(F)cc([N+](=O)[O-])c1. The third-order valence-electron chi connectivity index (χ3n) is 3.92. The first-order valence-electron chi connectivity index (χ1n) is 6.16. The molecule has 6 heteroatoms. The molecule has 5 nitrogen and oxygen atoms in total. The summed E-state index contributed by atoms with van der Waals surface area (Å²) in [6.45, 7) is 4.25. The smallest absolute Gasteiger partial charge is 0.272 e. The quantitative estimate of drug-likeness (QED) is 0.646. The van der Waals surface area contributed by atoms with Gasteiger partial charge in [0.25, 0.3) is 5.69 Å². The van der Waals surface area contributed by atoms with Crippen molar-refractivity contribution in [2.45, 2.75) is 39.0 Å². The van der Waals surface area contributed by atoms with Gasteiger partial charge in [0.15, 0.2) is 0 Å². The predicted octanol–water partition coefficient (Wildman–Crippen LogP) is 1.98. The minimum atomic E-state index is -0.612. The second-order valence-electron chi connectivity index (χ2n) is 5.58. The Morgan fingerprint density at radius 1 is 1.53 bits per heavy atom. The fraction of sp³-hybridized carbons (Fsp3) is 0.538. The molecule has 19 heavy (non-hydrogen) atoms. The van der Waals surface area contributed by atoms with Gasteiger partial charge in [-0.2, -0.15) is 0 Å². The van der Waals surface area contributed by atoms with E-state index in [1.807, 2.05) is 13.8 Å². The lowest BCUT2D eigenvalue weighted by molar-refractivity contribution is -0.385. The van der Waals surface area contributed by atoms with Crippen LogP contribution in [0.25, 0.3) is 0 Å². The first-order valence-corrected chi connectivity index (χ1v) is 6.16. The number of aliphatic hydroxyl groups excluding tert-OH is 1. The van der Waals surface area contributed by atoms with Crippen LogP contribution in [0.5, 0.6) is 0 Å². The lowest BCUT2D eigenvalue weighted by Crippen LogP contribution is -2.59. The van der Waals surface area contributed by atoms with Crippen molar-refractivity contribution < 1.29 is 14.4 Å². The largest absolute Gasteiger partial charge is 0.392 e. The predicted molar refractivity (Wildman–Crippen MR) is 68.1 cm³/mol. The Kier molecular flexibility index (Phi) is 3.56. The third kappa shape index (κ3) is 2.74. The molecule has 1 aliphatic carbocycles. The van der Waals surface area contributed by atoms with Crippen LogP contribution in [-0.2, 0) is 6.54 Å². The number of aliphatic hydroxyl groups is 1. The van der Waals surface area contributed by atoms with Crippen molar-refractivity contribution in [3.05, 3.63) is 39.7 Å². The molecule has 0 aliphatic heterocycles. The maximum absolute atomic E-state index is 13.3. The number of rotatable bonds is 4. The van der Waals surface area contributed by atoms with Gasteiger partial charge < -0.3 is 10.4 Å². The van der Waals surface area contributed by atoms with E-state index in [-0.39, 0.29) is 23.2 Å². The van der Waals surface area contributed by atoms with Crippen molar-refractivity contribution in [3.63, 3.8) is 0 Å². The van der Waals surface area contributed by atoms with Gasteiger partial charge in [0, 0.05) is 24.1 Å². The van der Waals surface area contributed by atoms with E-state index in [2.05, 4.69) is 5.32 Å². The summed E-state index contributed by atoms with van der Waals surface area (Å²) < 4.78 is 13.3. The average molecular weight is 268 g/mol. The van der Waals surface area contributed by atoms with Gasteiger partial charge in [-0.3, -0.25) is 10.1 Å². The van der Waals surface area contributed by atoms with E-state index < -0.39 is 10.7 Å². The summed E-state index contributed by atoms with van der Waals surface area (Å²) in [5.74, 6) is -0.612. The zero-order chi connectivity index (χ0) is 14.2. The summed E-state index contributed by atoms with van der Waals surface area (Å²) in [6, 6.07) is 3.67. The molecule has 2 unspecified atom stereocenters. The number of nitro groups is 1. The summed E-state index contributed by atoms with van der Waals surface area (Å²) in [6.07, 6.45) is 0.302. The number of hydrogen-bond acceptors (Lipinski definition) is 4. The van der Waals surface area contributed by atoms with Gasteiger partial charge in [0.05, 0.1) is 17.1 Å². The highest BCUT2D eigenvalue weighted by atomic mass is 19.1. The molecule has 0 saturated heterocycles. The summed E-state index contributed by atoms with van der Waals surface area (Å²) in [4.78, 5) is 10.0. The molecule has 0 amide bonds. The fourth-order valence-corrected chi connectivity index (χ4v) is 2.33. The van der Waals surface area contributed by atoms with Crippen LogP contribution >= 0.6 is 0 Å². The van der Waals surface area contributed by atoms with Crippen LogP contribution in [0, 0.1) is 21.3 Å². The van der Waals surface area contributed by atoms with Gasteiger partial charge in [-0.25, -0.2) is 4.39 Å². The number of nitro benzene ring substituents is 1. The Morgan fingerprint density at radius 3 is 2.74 bits per heavy atom. The number of nitrogens with zero attached hydrogens (tertiary/aromatic N) is 1. The van der Waals surface area contributed by atoms with E-state index in [4.69, 9.17) is 0 Å². The van der Waals surface area contributed by atoms with Crippen LogP contribution in [0.15, 0.2) is 18.2 Å². The van der Waals surface area contributed by atoms with E-state index in [1.54, 1.807) is 0 Å². The molecule has 0 bridgehead atoms. The zero-order valence-electron chi connectivity index (χ0n) is 10.9. The van der Waals surface area contributed by atoms with E-state index >= 15 is 0 Å². The molecule has 0 spiro atoms. The topological polar surface area (TPSA) is 75.4 Å². The molecule has 1 saturated carbocycles. The Bertz CT molecular complexity index is 505. The van der Waals surface area contributed by atoms with E-state index in [9.17, 15) is 19.6 Å². The molecule has 0 aromatic heterocycles. The second-order valence-corrected chi connectivity index (χ2v) is 5.58. The van der Waals surface area contributed by atoms with Gasteiger partial charge >= 0.3 is 0 Å². The Morgan fingerprint density at radius 2 is 2.21 bits per heavy atom. The summed E-state index contributed by atoms with van der Waals surface area (Å²) in [7, 11) is 0. The zero-order valence-corrected chi connectivity index (χ0v) is 10.9. The van der Waals surface area contributed by atoms with Crippen molar-refractivity contribution in [2.75, 3.05) is 0 Å². The Balaban J connectivity index is 2.02. The van der Waals surface area contributed by atoms with Gasteiger partial charge in [0.2, 0.25) is 0 Å². The molecule has 1 aromatic carbocycles. The van der Waals surface area contributed by atoms with Gasteiger partial charge in [-0.05, 0) is 18.1 Å². The van der Waals surface area contributed by atoms with Crippen LogP contribution < -0.4 is 5.32 Å². The Labute approximate surface area is 110 Å². The lowest BCUT2D eigenvalue weighted by atomic mass is 9.64. The summed E-state index contributed by atoms with van der Waals surface area (Å²) in [5.41, 5.74) is 0.0628. The number of hydrogen-bond donors (Lipinski definition) is 2. The second kappa shape index (κ2) is 4.86. The highest BCUT2D eigenvalue weighted by Crippen LogP contribution is 2.40. The van der Waals surface area contributed by atoms with E-state index in [0.29, 0.717) is 18.5 Å². The molecule has 0 heterocycles. The highest BCUT2D eigenvalue weighted by molar-refractivity contribution is 5.35. The maximum atomic E-state index is 13.3. The monoisotopic (exact) mass is 268 g/mol. The third-order valence-corrected chi connectivity index (χ3v) is 3.92. The minimum absolute atomic E-state index is 0.129. The van der Waals surface area contributed by atoms with Gasteiger partial charge in [-0.1, -0.05) is 13.8 Å². The van der Waals surface area contributed by atoms with Crippen molar-refractivity contribution in [3.8, 4) is 0 Å². The highest BCUT2D eigenvalue weighted by Gasteiger charge is 2.46. The minimum Gasteiger partial charge on any atom is -0.392 e. The van der Waals surface area contributed by atoms with Crippen molar-refractivity contribution >= 4 is 5.69 Å². The molecule has 1 aliphatic rings. The fourth-order valence-electron chi connectivity index (χ4n) is 2.33. The summed E-state index contributed by atoms with van der Waals surface area (Å²) >= 11 is 0. The number of nitrogens with one attached hydrogen (secondary N) is 1. The van der Waals surface area contributed by atoms with Crippen LogP contribution in [0.3, 0.4) is 0 Å². The van der Waals surface area contributed by atoms with Crippen LogP contribution in [0.2, 0.25) is 0 Å². The van der Waals surface area contributed by atoms with Crippen molar-refractivity contribution in [1.82, 2.24) is 5.32 Å². The maximum Gasteiger partial charge on any atom is 0.272 e. The molecule has 1 aromatic rings. The van der Waals surface area contributed by atoms with Crippen molar-refractivity contribution in [2.24, 2.45) is 5.41 Å². The molecule has 2 N–H and O–H groups in total. The normalized spacial score (nSPS) is 24.8. The molecule has 2 atom stereocenters. The number of non-ortho nitro benzene ring substituents is 1. The first kappa shape index (κ1) is 13.9. The molecule has 1 fully saturated rings. The van der Waals surface area contributed by atoms with E-state index in [1.165, 1.54) is 12.1 Å². The lowest BCUT2D eigenvalue weighted by Gasteiger charge is -2.49. The van der Waals surface area contributed by atoms with E-state index in [0.717, 1.165) is 6.07 Å².